The first-order valence-corrected chi connectivity index (χ1v) is 5.18. The third-order valence-corrected chi connectivity index (χ3v) is 2.40. The molecule has 1 amide bonds. The molecule has 0 atom stereocenters. The molecule has 88 valence electrons. The van der Waals surface area contributed by atoms with Crippen LogP contribution in [0.15, 0.2) is 36.4 Å². The number of ether oxygens (including phenoxy) is 2. The standard InChI is InChI=1S/C13H13NO3/c1-16-11-4-2-9-3-5-12(7-10(9)6-11)17-8-13(14)15/h2-7H,8H2,1H3,(H2,14,15). The number of benzene rings is 2. The molecule has 0 saturated carbocycles. The molecule has 2 N–H and O–H groups in total. The molecule has 0 unspecified atom stereocenters. The second-order valence-electron chi connectivity index (χ2n) is 3.63. The fourth-order valence-corrected chi connectivity index (χ4v) is 1.57. The summed E-state index contributed by atoms with van der Waals surface area (Å²) in [6, 6.07) is 11.3. The van der Waals surface area contributed by atoms with Gasteiger partial charge in [0.1, 0.15) is 11.5 Å². The van der Waals surface area contributed by atoms with Crippen molar-refractivity contribution in [2.75, 3.05) is 13.7 Å². The molecule has 0 fully saturated rings. The van der Waals surface area contributed by atoms with Gasteiger partial charge in [-0.1, -0.05) is 12.1 Å². The second-order valence-corrected chi connectivity index (χ2v) is 3.63. The average molecular weight is 231 g/mol. The largest absolute Gasteiger partial charge is 0.497 e. The Kier molecular flexibility index (Phi) is 3.14. The highest BCUT2D eigenvalue weighted by Crippen LogP contribution is 2.24. The van der Waals surface area contributed by atoms with E-state index in [0.717, 1.165) is 16.5 Å². The highest BCUT2D eigenvalue weighted by atomic mass is 16.5. The molecule has 17 heavy (non-hydrogen) atoms. The van der Waals surface area contributed by atoms with E-state index in [2.05, 4.69) is 0 Å². The van der Waals surface area contributed by atoms with Gasteiger partial charge in [-0.2, -0.15) is 0 Å². The van der Waals surface area contributed by atoms with Crippen LogP contribution < -0.4 is 15.2 Å². The van der Waals surface area contributed by atoms with Crippen LogP contribution in [0.25, 0.3) is 10.8 Å². The average Bonchev–Trinajstić information content (AvgIpc) is 2.35. The fraction of sp³-hybridized carbons (Fsp3) is 0.154. The lowest BCUT2D eigenvalue weighted by atomic mass is 10.1. The lowest BCUT2D eigenvalue weighted by Crippen LogP contribution is -2.19. The van der Waals surface area contributed by atoms with E-state index in [-0.39, 0.29) is 6.61 Å². The molecule has 2 aromatic rings. The Balaban J connectivity index is 2.31. The van der Waals surface area contributed by atoms with Crippen LogP contribution in [0.2, 0.25) is 0 Å². The summed E-state index contributed by atoms with van der Waals surface area (Å²) in [5.41, 5.74) is 5.01. The third kappa shape index (κ3) is 2.66. The molecule has 0 aromatic heterocycles. The van der Waals surface area contributed by atoms with Gasteiger partial charge < -0.3 is 15.2 Å². The molecule has 0 spiro atoms. The zero-order chi connectivity index (χ0) is 12.3. The summed E-state index contributed by atoms with van der Waals surface area (Å²) in [6.45, 7) is -0.116. The first kappa shape index (κ1) is 11.3. The van der Waals surface area contributed by atoms with E-state index in [1.807, 2.05) is 30.3 Å². The maximum atomic E-state index is 10.6. The lowest BCUT2D eigenvalue weighted by Gasteiger charge is -2.06. The Bertz CT molecular complexity index is 551. The molecule has 2 aromatic carbocycles. The van der Waals surface area contributed by atoms with Gasteiger partial charge in [0.25, 0.3) is 5.91 Å². The minimum Gasteiger partial charge on any atom is -0.497 e. The second kappa shape index (κ2) is 4.74. The van der Waals surface area contributed by atoms with E-state index in [1.54, 1.807) is 13.2 Å². The van der Waals surface area contributed by atoms with Gasteiger partial charge >= 0.3 is 0 Å². The Morgan fingerprint density at radius 1 is 1.12 bits per heavy atom. The van der Waals surface area contributed by atoms with Crippen LogP contribution in [0.3, 0.4) is 0 Å². The van der Waals surface area contributed by atoms with Crippen LogP contribution in [0.4, 0.5) is 0 Å². The molecule has 0 heterocycles. The number of carbonyl (C=O) groups excluding carboxylic acids is 1. The van der Waals surface area contributed by atoms with Gasteiger partial charge in [-0.05, 0) is 35.0 Å². The number of fused-ring (bicyclic) bond motifs is 1. The van der Waals surface area contributed by atoms with Crippen molar-refractivity contribution in [2.45, 2.75) is 0 Å². The molecule has 4 nitrogen and oxygen atoms in total. The smallest absolute Gasteiger partial charge is 0.255 e. The molecular formula is C13H13NO3. The lowest BCUT2D eigenvalue weighted by molar-refractivity contribution is -0.119. The number of hydrogen-bond donors (Lipinski definition) is 1. The maximum absolute atomic E-state index is 10.6. The molecule has 0 aliphatic carbocycles. The van der Waals surface area contributed by atoms with Crippen LogP contribution >= 0.6 is 0 Å². The zero-order valence-corrected chi connectivity index (χ0v) is 9.47. The quantitative estimate of drug-likeness (QED) is 0.871. The molecule has 0 aliphatic rings. The Labute approximate surface area is 98.9 Å². The van der Waals surface area contributed by atoms with Gasteiger partial charge in [0.15, 0.2) is 6.61 Å². The first-order valence-electron chi connectivity index (χ1n) is 5.18. The summed E-state index contributed by atoms with van der Waals surface area (Å²) < 4.78 is 10.4. The summed E-state index contributed by atoms with van der Waals surface area (Å²) in [7, 11) is 1.62. The van der Waals surface area contributed by atoms with Crippen molar-refractivity contribution in [3.8, 4) is 11.5 Å². The molecular weight excluding hydrogens is 218 g/mol. The van der Waals surface area contributed by atoms with Gasteiger partial charge in [0.05, 0.1) is 7.11 Å². The van der Waals surface area contributed by atoms with Crippen LogP contribution in [-0.4, -0.2) is 19.6 Å². The highest BCUT2D eigenvalue weighted by molar-refractivity contribution is 5.85. The van der Waals surface area contributed by atoms with Crippen molar-refractivity contribution in [3.63, 3.8) is 0 Å². The van der Waals surface area contributed by atoms with E-state index >= 15 is 0 Å². The summed E-state index contributed by atoms with van der Waals surface area (Å²) in [4.78, 5) is 10.6. The van der Waals surface area contributed by atoms with Gasteiger partial charge in [0.2, 0.25) is 0 Å². The number of nitrogens with two attached hydrogens (primary N) is 1. The maximum Gasteiger partial charge on any atom is 0.255 e. The molecule has 2 rings (SSSR count). The summed E-state index contributed by atoms with van der Waals surface area (Å²) in [5, 5.41) is 2.07. The fourth-order valence-electron chi connectivity index (χ4n) is 1.57. The SMILES string of the molecule is COc1ccc2ccc(OCC(N)=O)cc2c1. The Hall–Kier alpha value is -2.23. The Morgan fingerprint density at radius 3 is 2.41 bits per heavy atom. The van der Waals surface area contributed by atoms with Gasteiger partial charge in [-0.3, -0.25) is 4.79 Å². The summed E-state index contributed by atoms with van der Waals surface area (Å²) in [6.07, 6.45) is 0. The van der Waals surface area contributed by atoms with E-state index < -0.39 is 5.91 Å². The van der Waals surface area contributed by atoms with Crippen molar-refractivity contribution in [3.05, 3.63) is 36.4 Å². The van der Waals surface area contributed by atoms with Crippen molar-refractivity contribution in [2.24, 2.45) is 5.73 Å². The summed E-state index contributed by atoms with van der Waals surface area (Å²) in [5.74, 6) is 0.907. The summed E-state index contributed by atoms with van der Waals surface area (Å²) >= 11 is 0. The number of rotatable bonds is 4. The third-order valence-electron chi connectivity index (χ3n) is 2.40. The predicted molar refractivity (Wildman–Crippen MR) is 65.2 cm³/mol. The van der Waals surface area contributed by atoms with E-state index in [1.165, 1.54) is 0 Å². The van der Waals surface area contributed by atoms with E-state index in [0.29, 0.717) is 5.75 Å². The van der Waals surface area contributed by atoms with E-state index in [4.69, 9.17) is 15.2 Å². The van der Waals surface area contributed by atoms with Gasteiger partial charge in [0, 0.05) is 0 Å². The van der Waals surface area contributed by atoms with Crippen LogP contribution in [0, 0.1) is 0 Å². The minimum atomic E-state index is -0.490. The number of primary amides is 1. The minimum absolute atomic E-state index is 0.116. The van der Waals surface area contributed by atoms with Crippen molar-refractivity contribution in [1.82, 2.24) is 0 Å². The van der Waals surface area contributed by atoms with E-state index in [9.17, 15) is 4.79 Å². The number of hydrogen-bond acceptors (Lipinski definition) is 3. The molecule has 0 bridgehead atoms. The van der Waals surface area contributed by atoms with Crippen LogP contribution in [0.1, 0.15) is 0 Å². The van der Waals surface area contributed by atoms with Gasteiger partial charge in [-0.15, -0.1) is 0 Å². The van der Waals surface area contributed by atoms with Crippen LogP contribution in [0.5, 0.6) is 11.5 Å². The molecule has 0 saturated heterocycles. The van der Waals surface area contributed by atoms with Crippen molar-refractivity contribution in [1.29, 1.82) is 0 Å². The molecule has 0 radical (unpaired) electrons. The first-order chi connectivity index (χ1) is 8.19. The predicted octanol–water partition coefficient (Wildman–Crippen LogP) is 1.71. The number of methoxy groups -OCH3 is 1. The molecule has 4 heteroatoms. The number of carbonyl (C=O) groups is 1. The van der Waals surface area contributed by atoms with Crippen molar-refractivity contribution >= 4 is 16.7 Å². The normalized spacial score (nSPS) is 10.2. The molecule has 0 aliphatic heterocycles. The zero-order valence-electron chi connectivity index (χ0n) is 9.47. The van der Waals surface area contributed by atoms with Gasteiger partial charge in [-0.25, -0.2) is 0 Å². The van der Waals surface area contributed by atoms with Crippen LogP contribution in [-0.2, 0) is 4.79 Å². The highest BCUT2D eigenvalue weighted by Gasteiger charge is 2.01. The van der Waals surface area contributed by atoms with Crippen molar-refractivity contribution < 1.29 is 14.3 Å². The Morgan fingerprint density at radius 2 is 1.76 bits per heavy atom. The monoisotopic (exact) mass is 231 g/mol. The number of amides is 1. The topological polar surface area (TPSA) is 61.6 Å².